The molecule has 7 nitrogen and oxygen atoms in total. The molecule has 158 valence electrons. The second-order valence-electron chi connectivity index (χ2n) is 7.17. The Balaban J connectivity index is 1.63. The molecule has 2 aromatic rings. The van der Waals surface area contributed by atoms with Crippen molar-refractivity contribution in [3.05, 3.63) is 35.4 Å². The van der Waals surface area contributed by atoms with E-state index in [9.17, 15) is 4.39 Å². The minimum Gasteiger partial charge on any atom is -0.375 e. The lowest BCUT2D eigenvalue weighted by molar-refractivity contribution is 0.372. The maximum absolute atomic E-state index is 14.2. The molecule has 0 amide bonds. The third kappa shape index (κ3) is 5.35. The first-order chi connectivity index (χ1) is 14.0. The summed E-state index contributed by atoms with van der Waals surface area (Å²) in [7, 11) is 3.67. The van der Waals surface area contributed by atoms with Crippen molar-refractivity contribution in [1.82, 2.24) is 19.6 Å². The number of nitrogens with zero attached hydrogens (tertiary/aromatic N) is 6. The summed E-state index contributed by atoms with van der Waals surface area (Å²) in [5.74, 6) is 1.57. The van der Waals surface area contributed by atoms with E-state index >= 15 is 0 Å². The van der Waals surface area contributed by atoms with E-state index in [2.05, 4.69) is 38.3 Å². The molecule has 2 heterocycles. The number of piperazine rings is 1. The van der Waals surface area contributed by atoms with Crippen LogP contribution in [-0.2, 0) is 13.0 Å². The summed E-state index contributed by atoms with van der Waals surface area (Å²) in [4.78, 5) is 15.6. The molecular weight excluding hydrogens is 389 g/mol. The number of rotatable bonds is 6. The van der Waals surface area contributed by atoms with Gasteiger partial charge in [0.25, 0.3) is 0 Å². The SMILES string of the molecule is CCNC(=NCc1ccc(N(C)C)c(F)c1)N1CCN(c2nc(CC)ns2)CC1. The third-order valence-corrected chi connectivity index (χ3v) is 5.68. The Kier molecular flexibility index (Phi) is 7.24. The smallest absolute Gasteiger partial charge is 0.205 e. The van der Waals surface area contributed by atoms with Gasteiger partial charge in [0.05, 0.1) is 12.2 Å². The highest BCUT2D eigenvalue weighted by atomic mass is 32.1. The molecule has 1 saturated heterocycles. The standard InChI is InChI=1S/C20H30FN7S/c1-5-18-24-20(29-25-18)28-11-9-27(10-12-28)19(22-6-2)23-14-15-7-8-17(26(3)4)16(21)13-15/h7-8,13H,5-6,9-12,14H2,1-4H3,(H,22,23). The van der Waals surface area contributed by atoms with Gasteiger partial charge in [-0.15, -0.1) is 0 Å². The van der Waals surface area contributed by atoms with Crippen molar-refractivity contribution in [1.29, 1.82) is 0 Å². The van der Waals surface area contributed by atoms with Gasteiger partial charge in [-0.05, 0) is 24.6 Å². The monoisotopic (exact) mass is 419 g/mol. The van der Waals surface area contributed by atoms with Crippen molar-refractivity contribution in [2.45, 2.75) is 26.8 Å². The van der Waals surface area contributed by atoms with Gasteiger partial charge in [0.15, 0.2) is 5.96 Å². The lowest BCUT2D eigenvalue weighted by Gasteiger charge is -2.36. The molecule has 0 unspecified atom stereocenters. The van der Waals surface area contributed by atoms with Gasteiger partial charge < -0.3 is 20.0 Å². The molecule has 1 aromatic heterocycles. The van der Waals surface area contributed by atoms with E-state index in [1.807, 2.05) is 20.2 Å². The van der Waals surface area contributed by atoms with E-state index in [-0.39, 0.29) is 5.82 Å². The molecule has 29 heavy (non-hydrogen) atoms. The highest BCUT2D eigenvalue weighted by Gasteiger charge is 2.22. The van der Waals surface area contributed by atoms with Gasteiger partial charge in [0.2, 0.25) is 5.13 Å². The van der Waals surface area contributed by atoms with Crippen LogP contribution in [0.15, 0.2) is 23.2 Å². The fourth-order valence-electron chi connectivity index (χ4n) is 3.23. The van der Waals surface area contributed by atoms with E-state index < -0.39 is 0 Å². The quantitative estimate of drug-likeness (QED) is 0.574. The maximum Gasteiger partial charge on any atom is 0.205 e. The number of hydrogen-bond donors (Lipinski definition) is 1. The van der Waals surface area contributed by atoms with Crippen molar-refractivity contribution < 1.29 is 4.39 Å². The van der Waals surface area contributed by atoms with Crippen molar-refractivity contribution in [3.63, 3.8) is 0 Å². The molecule has 0 aliphatic carbocycles. The number of anilines is 2. The molecule has 1 aliphatic heterocycles. The number of hydrogen-bond acceptors (Lipinski definition) is 6. The Morgan fingerprint density at radius 3 is 2.59 bits per heavy atom. The Hall–Kier alpha value is -2.42. The van der Waals surface area contributed by atoms with Crippen LogP contribution < -0.4 is 15.1 Å². The van der Waals surface area contributed by atoms with Crippen molar-refractivity contribution >= 4 is 28.3 Å². The van der Waals surface area contributed by atoms with Crippen LogP contribution in [0.5, 0.6) is 0 Å². The molecule has 9 heteroatoms. The average molecular weight is 420 g/mol. The van der Waals surface area contributed by atoms with Crippen LogP contribution in [-0.4, -0.2) is 67.0 Å². The molecule has 1 N–H and O–H groups in total. The first-order valence-electron chi connectivity index (χ1n) is 10.1. The van der Waals surface area contributed by atoms with Gasteiger partial charge in [-0.25, -0.2) is 14.4 Å². The number of nitrogens with one attached hydrogen (secondary N) is 1. The van der Waals surface area contributed by atoms with Crippen LogP contribution in [0.1, 0.15) is 25.2 Å². The highest BCUT2D eigenvalue weighted by molar-refractivity contribution is 7.09. The highest BCUT2D eigenvalue weighted by Crippen LogP contribution is 2.20. The molecular formula is C20H30FN7S. The Labute approximate surface area is 176 Å². The van der Waals surface area contributed by atoms with Gasteiger partial charge in [-0.1, -0.05) is 13.0 Å². The van der Waals surface area contributed by atoms with Crippen molar-refractivity contribution in [3.8, 4) is 0 Å². The van der Waals surface area contributed by atoms with Gasteiger partial charge in [-0.3, -0.25) is 0 Å². The zero-order chi connectivity index (χ0) is 20.8. The predicted molar refractivity (Wildman–Crippen MR) is 119 cm³/mol. The molecule has 0 radical (unpaired) electrons. The fraction of sp³-hybridized carbons (Fsp3) is 0.550. The number of aliphatic imine (C=N–C) groups is 1. The Bertz CT molecular complexity index is 828. The maximum atomic E-state index is 14.2. The zero-order valence-electron chi connectivity index (χ0n) is 17.7. The van der Waals surface area contributed by atoms with E-state index in [1.54, 1.807) is 17.0 Å². The van der Waals surface area contributed by atoms with Gasteiger partial charge in [-0.2, -0.15) is 4.37 Å². The van der Waals surface area contributed by atoms with E-state index in [4.69, 9.17) is 4.99 Å². The summed E-state index contributed by atoms with van der Waals surface area (Å²) >= 11 is 1.47. The normalized spacial score (nSPS) is 15.0. The summed E-state index contributed by atoms with van der Waals surface area (Å²) in [6.07, 6.45) is 0.865. The van der Waals surface area contributed by atoms with Crippen LogP contribution in [0.2, 0.25) is 0 Å². The molecule has 1 aromatic carbocycles. The van der Waals surface area contributed by atoms with Gasteiger partial charge in [0.1, 0.15) is 11.6 Å². The second kappa shape index (κ2) is 9.87. The number of guanidine groups is 1. The van der Waals surface area contributed by atoms with E-state index in [1.165, 1.54) is 11.5 Å². The number of halogens is 1. The minimum absolute atomic E-state index is 0.218. The molecule has 0 atom stereocenters. The predicted octanol–water partition coefficient (Wildman–Crippen LogP) is 2.59. The summed E-state index contributed by atoms with van der Waals surface area (Å²) in [6.45, 7) is 8.87. The number of aromatic nitrogens is 2. The van der Waals surface area contributed by atoms with Crippen LogP contribution in [0.4, 0.5) is 15.2 Å². The summed E-state index contributed by atoms with van der Waals surface area (Å²) < 4.78 is 18.6. The van der Waals surface area contributed by atoms with Crippen LogP contribution in [0.25, 0.3) is 0 Å². The molecule has 0 saturated carbocycles. The fourth-order valence-corrected chi connectivity index (χ4v) is 4.03. The first-order valence-corrected chi connectivity index (χ1v) is 10.9. The first kappa shape index (κ1) is 21.3. The summed E-state index contributed by atoms with van der Waals surface area (Å²) in [6, 6.07) is 5.31. The molecule has 1 fully saturated rings. The summed E-state index contributed by atoms with van der Waals surface area (Å²) in [5, 5.41) is 4.36. The third-order valence-electron chi connectivity index (χ3n) is 4.86. The van der Waals surface area contributed by atoms with Gasteiger partial charge in [0, 0.05) is 64.8 Å². The summed E-state index contributed by atoms with van der Waals surface area (Å²) in [5.41, 5.74) is 1.45. The Morgan fingerprint density at radius 2 is 2.00 bits per heavy atom. The lowest BCUT2D eigenvalue weighted by Crippen LogP contribution is -2.52. The molecule has 3 rings (SSSR count). The van der Waals surface area contributed by atoms with Crippen LogP contribution >= 0.6 is 11.5 Å². The average Bonchev–Trinajstić information content (AvgIpc) is 3.20. The minimum atomic E-state index is -0.218. The number of benzene rings is 1. The van der Waals surface area contributed by atoms with Crippen LogP contribution in [0.3, 0.4) is 0 Å². The Morgan fingerprint density at radius 1 is 1.24 bits per heavy atom. The second-order valence-corrected chi connectivity index (χ2v) is 7.90. The van der Waals surface area contributed by atoms with Crippen LogP contribution in [0, 0.1) is 5.82 Å². The molecule has 1 aliphatic rings. The van der Waals surface area contributed by atoms with Crippen molar-refractivity contribution in [2.24, 2.45) is 4.99 Å². The van der Waals surface area contributed by atoms with E-state index in [0.717, 1.165) is 61.6 Å². The lowest BCUT2D eigenvalue weighted by atomic mass is 10.2. The van der Waals surface area contributed by atoms with Crippen molar-refractivity contribution in [2.75, 3.05) is 56.6 Å². The molecule has 0 spiro atoms. The van der Waals surface area contributed by atoms with E-state index in [0.29, 0.717) is 12.2 Å². The topological polar surface area (TPSA) is 59.9 Å². The molecule has 0 bridgehead atoms. The zero-order valence-corrected chi connectivity index (χ0v) is 18.5. The largest absolute Gasteiger partial charge is 0.375 e. The number of aryl methyl sites for hydroxylation is 1. The van der Waals surface area contributed by atoms with Gasteiger partial charge >= 0.3 is 0 Å².